The average molecular weight is 217 g/mol. The van der Waals surface area contributed by atoms with Crippen molar-refractivity contribution in [3.05, 3.63) is 66.1 Å². The van der Waals surface area contributed by atoms with Crippen LogP contribution in [0.4, 0.5) is 0 Å². The highest BCUT2D eigenvalue weighted by molar-refractivity contribution is 5.78. The highest BCUT2D eigenvalue weighted by Crippen LogP contribution is 2.29. The van der Waals surface area contributed by atoms with Crippen molar-refractivity contribution in [3.63, 3.8) is 0 Å². The van der Waals surface area contributed by atoms with Gasteiger partial charge in [-0.1, -0.05) is 36.4 Å². The van der Waals surface area contributed by atoms with Gasteiger partial charge < -0.3 is 0 Å². The van der Waals surface area contributed by atoms with Crippen LogP contribution in [0.25, 0.3) is 11.1 Å². The van der Waals surface area contributed by atoms with Gasteiger partial charge in [-0.05, 0) is 24.1 Å². The Bertz CT molecular complexity index is 628. The first kappa shape index (κ1) is 10.9. The van der Waals surface area contributed by atoms with Gasteiger partial charge in [0.25, 0.3) is 0 Å². The van der Waals surface area contributed by atoms with Crippen LogP contribution < -0.4 is 0 Å². The number of nitriles is 2. The van der Waals surface area contributed by atoms with E-state index in [9.17, 15) is 5.26 Å². The average Bonchev–Trinajstić information content (AvgIpc) is 2.39. The fourth-order valence-corrected chi connectivity index (χ4v) is 1.77. The van der Waals surface area contributed by atoms with Gasteiger partial charge in [-0.15, -0.1) is 0 Å². The predicted octanol–water partition coefficient (Wildman–Crippen LogP) is 3.28. The van der Waals surface area contributed by atoms with Gasteiger partial charge in [-0.25, -0.2) is 0 Å². The van der Waals surface area contributed by atoms with Gasteiger partial charge in [0, 0.05) is 5.56 Å². The largest absolute Gasteiger partial charge is 0.192 e. The number of nitrogens with zero attached hydrogens (tertiary/aromatic N) is 2. The summed E-state index contributed by atoms with van der Waals surface area (Å²) in [7, 11) is 0. The van der Waals surface area contributed by atoms with E-state index in [1.54, 1.807) is 12.1 Å². The molecule has 0 bridgehead atoms. The Morgan fingerprint density at radius 3 is 2.18 bits per heavy atom. The summed E-state index contributed by atoms with van der Waals surface area (Å²) in [6.45, 7) is 3.82. The molecule has 0 unspecified atom stereocenters. The van der Waals surface area contributed by atoms with Crippen molar-refractivity contribution < 1.29 is 0 Å². The third-order valence-corrected chi connectivity index (χ3v) is 2.59. The lowest BCUT2D eigenvalue weighted by atomic mass is 9.92. The zero-order valence-electron chi connectivity index (χ0n) is 9.14. The quantitative estimate of drug-likeness (QED) is 0.735. The summed E-state index contributed by atoms with van der Waals surface area (Å²) in [6.07, 6.45) is 0. The first-order valence-electron chi connectivity index (χ1n) is 5.12. The van der Waals surface area contributed by atoms with Crippen LogP contribution in [0, 0.1) is 29.6 Å². The van der Waals surface area contributed by atoms with E-state index in [4.69, 9.17) is 5.26 Å². The zero-order chi connectivity index (χ0) is 12.3. The van der Waals surface area contributed by atoms with Crippen LogP contribution in [0.3, 0.4) is 0 Å². The number of rotatable bonds is 1. The van der Waals surface area contributed by atoms with Crippen LogP contribution in [-0.4, -0.2) is 0 Å². The van der Waals surface area contributed by atoms with E-state index in [0.717, 1.165) is 5.56 Å². The van der Waals surface area contributed by atoms with E-state index in [-0.39, 0.29) is 0 Å². The summed E-state index contributed by atoms with van der Waals surface area (Å²) in [5.74, 6) is 0. The Balaban J connectivity index is 2.81. The second-order valence-corrected chi connectivity index (χ2v) is 3.61. The topological polar surface area (TPSA) is 47.6 Å². The fraction of sp³-hybridized carbons (Fsp3) is 0. The second kappa shape index (κ2) is 4.51. The van der Waals surface area contributed by atoms with E-state index < -0.39 is 0 Å². The molecule has 79 valence electrons. The Kier molecular flexibility index (Phi) is 2.90. The number of hydrogen-bond acceptors (Lipinski definition) is 2. The standard InChI is InChI=1S/C15H9N2/c1-11-7-8-13(9-16)15(14(11)10-17)12-5-3-2-4-6-12/h2-8H,1H2. The van der Waals surface area contributed by atoms with E-state index in [1.165, 1.54) is 0 Å². The molecule has 0 fully saturated rings. The summed E-state index contributed by atoms with van der Waals surface area (Å²) in [4.78, 5) is 0. The van der Waals surface area contributed by atoms with Crippen LogP contribution in [0.2, 0.25) is 0 Å². The third-order valence-electron chi connectivity index (χ3n) is 2.59. The van der Waals surface area contributed by atoms with E-state index in [0.29, 0.717) is 22.3 Å². The van der Waals surface area contributed by atoms with Gasteiger partial charge in [0.05, 0.1) is 17.2 Å². The molecule has 0 N–H and O–H groups in total. The molecule has 0 aliphatic rings. The highest BCUT2D eigenvalue weighted by atomic mass is 14.3. The van der Waals surface area contributed by atoms with Crippen molar-refractivity contribution in [2.75, 3.05) is 0 Å². The molecular weight excluding hydrogens is 208 g/mol. The monoisotopic (exact) mass is 217 g/mol. The van der Waals surface area contributed by atoms with Crippen molar-refractivity contribution in [2.45, 2.75) is 0 Å². The van der Waals surface area contributed by atoms with Crippen molar-refractivity contribution in [1.29, 1.82) is 10.5 Å². The van der Waals surface area contributed by atoms with E-state index in [2.05, 4.69) is 19.1 Å². The van der Waals surface area contributed by atoms with Crippen LogP contribution in [0.1, 0.15) is 16.7 Å². The first-order valence-corrected chi connectivity index (χ1v) is 5.12. The van der Waals surface area contributed by atoms with E-state index >= 15 is 0 Å². The molecule has 0 amide bonds. The van der Waals surface area contributed by atoms with Crippen molar-refractivity contribution in [3.8, 4) is 23.3 Å². The second-order valence-electron chi connectivity index (χ2n) is 3.61. The molecule has 2 rings (SSSR count). The molecule has 0 atom stereocenters. The van der Waals surface area contributed by atoms with Crippen LogP contribution in [0.5, 0.6) is 0 Å². The predicted molar refractivity (Wildman–Crippen MR) is 65.8 cm³/mol. The van der Waals surface area contributed by atoms with Crippen LogP contribution in [0.15, 0.2) is 42.5 Å². The molecule has 0 saturated heterocycles. The van der Waals surface area contributed by atoms with Gasteiger partial charge in [-0.3, -0.25) is 0 Å². The molecule has 2 heteroatoms. The fourth-order valence-electron chi connectivity index (χ4n) is 1.77. The van der Waals surface area contributed by atoms with Crippen molar-refractivity contribution in [2.24, 2.45) is 0 Å². The van der Waals surface area contributed by atoms with Crippen molar-refractivity contribution >= 4 is 0 Å². The lowest BCUT2D eigenvalue weighted by Crippen LogP contribution is -1.93. The Morgan fingerprint density at radius 2 is 1.59 bits per heavy atom. The molecule has 0 saturated carbocycles. The highest BCUT2D eigenvalue weighted by Gasteiger charge is 2.12. The summed E-state index contributed by atoms with van der Waals surface area (Å²) < 4.78 is 0. The molecule has 0 heterocycles. The normalized spacial score (nSPS) is 9.35. The molecule has 2 aromatic carbocycles. The minimum atomic E-state index is 0.468. The Hall–Kier alpha value is -2.58. The number of benzene rings is 2. The smallest absolute Gasteiger partial charge is 0.100 e. The maximum Gasteiger partial charge on any atom is 0.100 e. The summed E-state index contributed by atoms with van der Waals surface area (Å²) >= 11 is 0. The molecular formula is C15H9N2. The van der Waals surface area contributed by atoms with E-state index in [1.807, 2.05) is 30.3 Å². The molecule has 17 heavy (non-hydrogen) atoms. The molecule has 2 aromatic rings. The first-order chi connectivity index (χ1) is 8.27. The van der Waals surface area contributed by atoms with Gasteiger partial charge in [0.15, 0.2) is 0 Å². The Morgan fingerprint density at radius 1 is 0.882 bits per heavy atom. The molecule has 2 nitrogen and oxygen atoms in total. The third kappa shape index (κ3) is 1.89. The molecule has 0 aromatic heterocycles. The lowest BCUT2D eigenvalue weighted by Gasteiger charge is -2.08. The Labute approximate surface area is 100 Å². The summed E-state index contributed by atoms with van der Waals surface area (Å²) in [5.41, 5.74) is 3.15. The van der Waals surface area contributed by atoms with Gasteiger partial charge in [0.1, 0.15) is 6.07 Å². The molecule has 0 spiro atoms. The molecule has 1 radical (unpaired) electrons. The SMILES string of the molecule is [CH2]c1ccc(C#N)c(-c2ccccc2)c1C#N. The molecule has 0 aliphatic carbocycles. The summed E-state index contributed by atoms with van der Waals surface area (Å²) in [6, 6.07) is 17.1. The van der Waals surface area contributed by atoms with Gasteiger partial charge in [-0.2, -0.15) is 10.5 Å². The minimum Gasteiger partial charge on any atom is -0.192 e. The van der Waals surface area contributed by atoms with Crippen LogP contribution in [-0.2, 0) is 0 Å². The maximum absolute atomic E-state index is 9.18. The zero-order valence-corrected chi connectivity index (χ0v) is 9.14. The lowest BCUT2D eigenvalue weighted by molar-refractivity contribution is 1.42. The van der Waals surface area contributed by atoms with Gasteiger partial charge >= 0.3 is 0 Å². The van der Waals surface area contributed by atoms with Crippen LogP contribution >= 0.6 is 0 Å². The maximum atomic E-state index is 9.18. The number of hydrogen-bond donors (Lipinski definition) is 0. The van der Waals surface area contributed by atoms with Gasteiger partial charge in [0.2, 0.25) is 0 Å². The minimum absolute atomic E-state index is 0.468. The van der Waals surface area contributed by atoms with Crippen molar-refractivity contribution in [1.82, 2.24) is 0 Å². The molecule has 0 aliphatic heterocycles. The summed E-state index contributed by atoms with van der Waals surface area (Å²) in [5, 5.41) is 18.3.